The lowest BCUT2D eigenvalue weighted by atomic mass is 10.0. The molecule has 2 aromatic carbocycles. The topological polar surface area (TPSA) is 64.4 Å². The fraction of sp³-hybridized carbons (Fsp3) is 0.480. The lowest BCUT2D eigenvalue weighted by molar-refractivity contribution is 0.0960. The van der Waals surface area contributed by atoms with Crippen LogP contribution in [0.1, 0.15) is 38.2 Å². The molecule has 10 heteroatoms. The van der Waals surface area contributed by atoms with Gasteiger partial charge in [0, 0.05) is 36.0 Å². The molecular weight excluding hydrogens is 509 g/mol. The Hall–Kier alpha value is -1.65. The third-order valence-corrected chi connectivity index (χ3v) is 9.98. The van der Waals surface area contributed by atoms with Crippen molar-refractivity contribution in [3.8, 4) is 0 Å². The van der Waals surface area contributed by atoms with Gasteiger partial charge in [0.15, 0.2) is 5.16 Å². The number of benzene rings is 2. The van der Waals surface area contributed by atoms with E-state index in [0.717, 1.165) is 37.8 Å². The third kappa shape index (κ3) is 5.25. The number of hydrogen-bond donors (Lipinski definition) is 0. The lowest BCUT2D eigenvalue weighted by Crippen LogP contribution is -2.39. The minimum atomic E-state index is -3.59. The van der Waals surface area contributed by atoms with Crippen LogP contribution in [0.15, 0.2) is 46.5 Å². The molecule has 0 N–H and O–H groups in total. The SMILES string of the molecule is C[C@H]1CCCN(S(=O)(=O)c2ccc3c(c2)nc(SCc2c(F)cccc2Cl)n3C[C@@H]2CCCO2)C1. The maximum atomic E-state index is 14.4. The highest BCUT2D eigenvalue weighted by Gasteiger charge is 2.29. The highest BCUT2D eigenvalue weighted by Crippen LogP contribution is 2.33. The molecular formula is C25H29ClFN3O3S2. The largest absolute Gasteiger partial charge is 0.376 e. The van der Waals surface area contributed by atoms with Gasteiger partial charge in [0.2, 0.25) is 10.0 Å². The Bertz CT molecular complexity index is 1300. The van der Waals surface area contributed by atoms with Crippen molar-refractivity contribution in [3.63, 3.8) is 0 Å². The zero-order chi connectivity index (χ0) is 24.6. The summed E-state index contributed by atoms with van der Waals surface area (Å²) in [5.74, 6) is 0.314. The van der Waals surface area contributed by atoms with Crippen molar-refractivity contribution in [2.75, 3.05) is 19.7 Å². The van der Waals surface area contributed by atoms with Crippen LogP contribution >= 0.6 is 23.4 Å². The van der Waals surface area contributed by atoms with Gasteiger partial charge >= 0.3 is 0 Å². The van der Waals surface area contributed by atoms with Crippen molar-refractivity contribution < 1.29 is 17.5 Å². The summed E-state index contributed by atoms with van der Waals surface area (Å²) in [5, 5.41) is 1.07. The van der Waals surface area contributed by atoms with Gasteiger partial charge in [-0.3, -0.25) is 0 Å². The van der Waals surface area contributed by atoms with Gasteiger partial charge in [-0.05, 0) is 61.9 Å². The molecule has 0 bridgehead atoms. The first kappa shape index (κ1) is 25.0. The molecule has 2 saturated heterocycles. The Labute approximate surface area is 214 Å². The van der Waals surface area contributed by atoms with E-state index in [1.54, 1.807) is 28.6 Å². The van der Waals surface area contributed by atoms with Gasteiger partial charge < -0.3 is 9.30 Å². The molecule has 0 amide bonds. The van der Waals surface area contributed by atoms with E-state index >= 15 is 0 Å². The molecule has 6 nitrogen and oxygen atoms in total. The normalized spacial score (nSPS) is 21.7. The maximum Gasteiger partial charge on any atom is 0.243 e. The number of hydrogen-bond acceptors (Lipinski definition) is 5. The van der Waals surface area contributed by atoms with Crippen molar-refractivity contribution in [1.82, 2.24) is 13.9 Å². The van der Waals surface area contributed by atoms with Gasteiger partial charge in [0.1, 0.15) is 5.82 Å². The summed E-state index contributed by atoms with van der Waals surface area (Å²) >= 11 is 7.63. The second-order valence-corrected chi connectivity index (χ2v) is 12.7. The number of rotatable bonds is 7. The molecule has 0 unspecified atom stereocenters. The van der Waals surface area contributed by atoms with E-state index in [1.165, 1.54) is 17.8 Å². The molecule has 5 rings (SSSR count). The highest BCUT2D eigenvalue weighted by atomic mass is 35.5. The van der Waals surface area contributed by atoms with E-state index in [2.05, 4.69) is 11.5 Å². The van der Waals surface area contributed by atoms with Gasteiger partial charge in [0.25, 0.3) is 0 Å². The predicted molar refractivity (Wildman–Crippen MR) is 137 cm³/mol. The fourth-order valence-corrected chi connectivity index (χ4v) is 7.83. The van der Waals surface area contributed by atoms with Crippen LogP contribution < -0.4 is 0 Å². The van der Waals surface area contributed by atoms with Crippen LogP contribution in [-0.2, 0) is 27.1 Å². The molecule has 0 aliphatic carbocycles. The van der Waals surface area contributed by atoms with Crippen LogP contribution in [0.2, 0.25) is 5.02 Å². The molecule has 0 saturated carbocycles. The van der Waals surface area contributed by atoms with Crippen molar-refractivity contribution in [2.24, 2.45) is 5.92 Å². The van der Waals surface area contributed by atoms with Gasteiger partial charge in [-0.15, -0.1) is 0 Å². The van der Waals surface area contributed by atoms with Crippen LogP contribution in [0.25, 0.3) is 11.0 Å². The van der Waals surface area contributed by atoms with Crippen molar-refractivity contribution in [2.45, 2.75) is 61.1 Å². The number of sulfonamides is 1. The Morgan fingerprint density at radius 1 is 1.23 bits per heavy atom. The van der Waals surface area contributed by atoms with Crippen molar-refractivity contribution in [3.05, 3.63) is 52.8 Å². The van der Waals surface area contributed by atoms with Gasteiger partial charge in [-0.25, -0.2) is 17.8 Å². The first-order valence-electron chi connectivity index (χ1n) is 12.0. The van der Waals surface area contributed by atoms with Crippen LogP contribution in [0, 0.1) is 11.7 Å². The Morgan fingerprint density at radius 2 is 2.09 bits per heavy atom. The molecule has 3 aromatic rings. The summed E-state index contributed by atoms with van der Waals surface area (Å²) in [6.07, 6.45) is 3.97. The monoisotopic (exact) mass is 537 g/mol. The van der Waals surface area contributed by atoms with Crippen LogP contribution in [0.5, 0.6) is 0 Å². The number of fused-ring (bicyclic) bond motifs is 1. The summed E-state index contributed by atoms with van der Waals surface area (Å²) in [6.45, 7) is 4.52. The first-order valence-corrected chi connectivity index (χ1v) is 14.8. The summed E-state index contributed by atoms with van der Waals surface area (Å²) in [6, 6.07) is 9.83. The van der Waals surface area contributed by atoms with E-state index in [1.807, 2.05) is 6.07 Å². The molecule has 2 atom stereocenters. The minimum absolute atomic E-state index is 0.0713. The van der Waals surface area contributed by atoms with Gasteiger partial charge in [-0.1, -0.05) is 36.4 Å². The highest BCUT2D eigenvalue weighted by molar-refractivity contribution is 7.98. The zero-order valence-electron chi connectivity index (χ0n) is 19.6. The predicted octanol–water partition coefficient (Wildman–Crippen LogP) is 5.72. The quantitative estimate of drug-likeness (QED) is 0.361. The number of nitrogens with zero attached hydrogens (tertiary/aromatic N) is 3. The lowest BCUT2D eigenvalue weighted by Gasteiger charge is -2.30. The molecule has 35 heavy (non-hydrogen) atoms. The molecule has 0 radical (unpaired) electrons. The number of aromatic nitrogens is 2. The Morgan fingerprint density at radius 3 is 2.83 bits per heavy atom. The van der Waals surface area contributed by atoms with E-state index < -0.39 is 10.0 Å². The standard InChI is InChI=1S/C25H29ClFN3O3S2/c1-17-5-3-11-29(14-17)35(31,32)19-9-10-24-23(13-19)28-25(30(24)15-18-6-4-12-33-18)34-16-20-21(26)7-2-8-22(20)27/h2,7-10,13,17-18H,3-6,11-12,14-16H2,1H3/t17-,18-/m0/s1. The smallest absolute Gasteiger partial charge is 0.243 e. The second-order valence-electron chi connectivity index (χ2n) is 9.39. The molecule has 3 heterocycles. The number of piperidine rings is 1. The zero-order valence-corrected chi connectivity index (χ0v) is 22.0. The van der Waals surface area contributed by atoms with Crippen LogP contribution in [0.4, 0.5) is 4.39 Å². The fourth-order valence-electron chi connectivity index (χ4n) is 4.85. The molecule has 2 fully saturated rings. The molecule has 2 aliphatic heterocycles. The summed E-state index contributed by atoms with van der Waals surface area (Å²) in [7, 11) is -3.59. The van der Waals surface area contributed by atoms with E-state index in [4.69, 9.17) is 21.3 Å². The van der Waals surface area contributed by atoms with E-state index in [-0.39, 0.29) is 16.8 Å². The van der Waals surface area contributed by atoms with Crippen molar-refractivity contribution >= 4 is 44.4 Å². The third-order valence-electron chi connectivity index (χ3n) is 6.76. The van der Waals surface area contributed by atoms with E-state index in [0.29, 0.717) is 52.6 Å². The van der Waals surface area contributed by atoms with Crippen LogP contribution in [-0.4, -0.2) is 48.1 Å². The molecule has 1 aromatic heterocycles. The molecule has 0 spiro atoms. The van der Waals surface area contributed by atoms with Gasteiger partial charge in [-0.2, -0.15) is 4.31 Å². The minimum Gasteiger partial charge on any atom is -0.376 e. The van der Waals surface area contributed by atoms with E-state index in [9.17, 15) is 12.8 Å². The number of halogens is 2. The molecule has 188 valence electrons. The number of imidazole rings is 1. The summed E-state index contributed by atoms with van der Waals surface area (Å²) in [5.41, 5.74) is 1.88. The van der Waals surface area contributed by atoms with Crippen molar-refractivity contribution in [1.29, 1.82) is 0 Å². The maximum absolute atomic E-state index is 14.4. The average molecular weight is 538 g/mol. The molecule has 2 aliphatic rings. The summed E-state index contributed by atoms with van der Waals surface area (Å²) in [4.78, 5) is 5.04. The Kier molecular flexibility index (Phi) is 7.42. The van der Waals surface area contributed by atoms with Crippen LogP contribution in [0.3, 0.4) is 0 Å². The first-order chi connectivity index (χ1) is 16.8. The number of ether oxygens (including phenoxy) is 1. The van der Waals surface area contributed by atoms with Gasteiger partial charge in [0.05, 0.1) is 28.6 Å². The second kappa shape index (κ2) is 10.4. The number of thioether (sulfide) groups is 1. The average Bonchev–Trinajstić information content (AvgIpc) is 3.47. The Balaban J connectivity index is 1.49. The summed E-state index contributed by atoms with van der Waals surface area (Å²) < 4.78 is 50.5.